The number of benzene rings is 1. The molecule has 0 unspecified atom stereocenters. The number of alkyl halides is 3. The van der Waals surface area contributed by atoms with E-state index in [0.29, 0.717) is 0 Å². The minimum Gasteiger partial charge on any atom is -0.439 e. The van der Waals surface area contributed by atoms with E-state index in [4.69, 9.17) is 21.6 Å². The van der Waals surface area contributed by atoms with Crippen molar-refractivity contribution in [2.45, 2.75) is 6.18 Å². The SMILES string of the molecule is N#Cc1cc(Cl)nc(Oc2cccc(C(F)(F)F)c2)c1. The summed E-state index contributed by atoms with van der Waals surface area (Å²) in [4.78, 5) is 3.78. The molecule has 1 aromatic carbocycles. The average molecular weight is 299 g/mol. The van der Waals surface area contributed by atoms with E-state index >= 15 is 0 Å². The van der Waals surface area contributed by atoms with Crippen LogP contribution in [0.3, 0.4) is 0 Å². The Hall–Kier alpha value is -2.26. The zero-order chi connectivity index (χ0) is 14.8. The smallest absolute Gasteiger partial charge is 0.416 e. The molecule has 0 bridgehead atoms. The molecule has 0 radical (unpaired) electrons. The van der Waals surface area contributed by atoms with Crippen molar-refractivity contribution in [2.75, 3.05) is 0 Å². The van der Waals surface area contributed by atoms with Crippen LogP contribution in [0.25, 0.3) is 0 Å². The van der Waals surface area contributed by atoms with Gasteiger partial charge in [0.2, 0.25) is 5.88 Å². The van der Waals surface area contributed by atoms with Crippen LogP contribution in [0.4, 0.5) is 13.2 Å². The fraction of sp³-hybridized carbons (Fsp3) is 0.0769. The summed E-state index contributed by atoms with van der Waals surface area (Å²) >= 11 is 5.68. The number of hydrogen-bond acceptors (Lipinski definition) is 3. The average Bonchev–Trinajstić information content (AvgIpc) is 2.37. The minimum absolute atomic E-state index is 0.0195. The Bertz CT molecular complexity index is 680. The van der Waals surface area contributed by atoms with Gasteiger partial charge >= 0.3 is 6.18 Å². The van der Waals surface area contributed by atoms with Gasteiger partial charge < -0.3 is 4.74 Å². The number of halogens is 4. The molecule has 0 aliphatic carbocycles. The molecule has 0 aliphatic rings. The molecule has 1 aromatic heterocycles. The van der Waals surface area contributed by atoms with Crippen LogP contribution in [0.15, 0.2) is 36.4 Å². The van der Waals surface area contributed by atoms with E-state index in [-0.39, 0.29) is 22.3 Å². The molecule has 0 N–H and O–H groups in total. The molecule has 0 saturated heterocycles. The lowest BCUT2D eigenvalue weighted by molar-refractivity contribution is -0.137. The second-order valence-corrected chi connectivity index (χ2v) is 4.14. The van der Waals surface area contributed by atoms with Gasteiger partial charge in [-0.15, -0.1) is 0 Å². The van der Waals surface area contributed by atoms with E-state index in [1.54, 1.807) is 0 Å². The maximum absolute atomic E-state index is 12.6. The third kappa shape index (κ3) is 3.39. The summed E-state index contributed by atoms with van der Waals surface area (Å²) < 4.78 is 42.9. The molecular formula is C13H6ClF3N2O. The van der Waals surface area contributed by atoms with Crippen molar-refractivity contribution in [3.63, 3.8) is 0 Å². The second kappa shape index (κ2) is 5.39. The molecule has 102 valence electrons. The lowest BCUT2D eigenvalue weighted by atomic mass is 10.2. The fourth-order valence-electron chi connectivity index (χ4n) is 1.45. The predicted octanol–water partition coefficient (Wildman–Crippen LogP) is 4.42. The molecule has 1 heterocycles. The molecule has 7 heteroatoms. The van der Waals surface area contributed by atoms with Crippen molar-refractivity contribution in [1.82, 2.24) is 4.98 Å². The Kier molecular flexibility index (Phi) is 3.81. The molecule has 0 aliphatic heterocycles. The Balaban J connectivity index is 2.31. The number of ether oxygens (including phenoxy) is 1. The van der Waals surface area contributed by atoms with Crippen LogP contribution in [-0.2, 0) is 6.18 Å². The van der Waals surface area contributed by atoms with E-state index in [9.17, 15) is 13.2 Å². The highest BCUT2D eigenvalue weighted by Gasteiger charge is 2.30. The number of aromatic nitrogens is 1. The Labute approximate surface area is 117 Å². The number of pyridine rings is 1. The van der Waals surface area contributed by atoms with E-state index in [1.807, 2.05) is 6.07 Å². The number of nitrogens with zero attached hydrogens (tertiary/aromatic N) is 2. The maximum atomic E-state index is 12.6. The van der Waals surface area contributed by atoms with E-state index < -0.39 is 11.7 Å². The van der Waals surface area contributed by atoms with Gasteiger partial charge in [0.15, 0.2) is 0 Å². The van der Waals surface area contributed by atoms with Crippen LogP contribution < -0.4 is 4.74 Å². The van der Waals surface area contributed by atoms with E-state index in [1.165, 1.54) is 24.3 Å². The van der Waals surface area contributed by atoms with Gasteiger partial charge in [0, 0.05) is 6.07 Å². The van der Waals surface area contributed by atoms with Crippen molar-refractivity contribution >= 4 is 11.6 Å². The third-order valence-corrected chi connectivity index (χ3v) is 2.48. The minimum atomic E-state index is -4.46. The van der Waals surface area contributed by atoms with E-state index in [0.717, 1.165) is 12.1 Å². The second-order valence-electron chi connectivity index (χ2n) is 3.76. The zero-order valence-corrected chi connectivity index (χ0v) is 10.5. The first kappa shape index (κ1) is 14.2. The highest BCUT2D eigenvalue weighted by atomic mass is 35.5. The highest BCUT2D eigenvalue weighted by Crippen LogP contribution is 2.32. The van der Waals surface area contributed by atoms with Gasteiger partial charge in [0.25, 0.3) is 0 Å². The molecule has 3 nitrogen and oxygen atoms in total. The van der Waals surface area contributed by atoms with Gasteiger partial charge in [-0.3, -0.25) is 0 Å². The van der Waals surface area contributed by atoms with Gasteiger partial charge in [-0.2, -0.15) is 18.4 Å². The molecule has 0 saturated carbocycles. The molecule has 0 spiro atoms. The van der Waals surface area contributed by atoms with Gasteiger partial charge in [0.05, 0.1) is 17.2 Å². The third-order valence-electron chi connectivity index (χ3n) is 2.28. The fourth-order valence-corrected chi connectivity index (χ4v) is 1.65. The first-order valence-electron chi connectivity index (χ1n) is 5.31. The lowest BCUT2D eigenvalue weighted by Gasteiger charge is -2.09. The molecule has 20 heavy (non-hydrogen) atoms. The summed E-state index contributed by atoms with van der Waals surface area (Å²) in [7, 11) is 0. The van der Waals surface area contributed by atoms with Crippen molar-refractivity contribution in [3.05, 3.63) is 52.7 Å². The molecule has 0 atom stereocenters. The van der Waals surface area contributed by atoms with Crippen molar-refractivity contribution in [1.29, 1.82) is 5.26 Å². The van der Waals surface area contributed by atoms with Gasteiger partial charge in [-0.1, -0.05) is 17.7 Å². The first-order valence-corrected chi connectivity index (χ1v) is 5.69. The first-order chi connectivity index (χ1) is 9.38. The predicted molar refractivity (Wildman–Crippen MR) is 65.5 cm³/mol. The van der Waals surface area contributed by atoms with Crippen molar-refractivity contribution in [2.24, 2.45) is 0 Å². The molecular weight excluding hydrogens is 293 g/mol. The van der Waals surface area contributed by atoms with Gasteiger partial charge in [-0.25, -0.2) is 4.98 Å². The summed E-state index contributed by atoms with van der Waals surface area (Å²) in [5, 5.41) is 8.78. The van der Waals surface area contributed by atoms with Crippen LogP contribution in [0.2, 0.25) is 5.15 Å². The van der Waals surface area contributed by atoms with Crippen LogP contribution in [0.1, 0.15) is 11.1 Å². The topological polar surface area (TPSA) is 45.9 Å². The monoisotopic (exact) mass is 298 g/mol. The molecule has 0 fully saturated rings. The Morgan fingerprint density at radius 3 is 2.60 bits per heavy atom. The van der Waals surface area contributed by atoms with Gasteiger partial charge in [0.1, 0.15) is 10.9 Å². The van der Waals surface area contributed by atoms with Gasteiger partial charge in [-0.05, 0) is 24.3 Å². The van der Waals surface area contributed by atoms with Crippen LogP contribution in [0.5, 0.6) is 11.6 Å². The number of nitriles is 1. The standard InChI is InChI=1S/C13H6ClF3N2O/c14-11-4-8(7-18)5-12(19-11)20-10-3-1-2-9(6-10)13(15,16)17/h1-6H. The summed E-state index contributed by atoms with van der Waals surface area (Å²) in [6.07, 6.45) is -4.46. The van der Waals surface area contributed by atoms with Crippen LogP contribution in [-0.4, -0.2) is 4.98 Å². The highest BCUT2D eigenvalue weighted by molar-refractivity contribution is 6.29. The zero-order valence-electron chi connectivity index (χ0n) is 9.78. The van der Waals surface area contributed by atoms with E-state index in [2.05, 4.69) is 4.98 Å². The molecule has 2 rings (SSSR count). The normalized spacial score (nSPS) is 10.9. The number of rotatable bonds is 2. The van der Waals surface area contributed by atoms with Crippen LogP contribution in [0, 0.1) is 11.3 Å². The largest absolute Gasteiger partial charge is 0.439 e. The number of hydrogen-bond donors (Lipinski definition) is 0. The molecule has 2 aromatic rings. The Morgan fingerprint density at radius 1 is 1.20 bits per heavy atom. The maximum Gasteiger partial charge on any atom is 0.416 e. The van der Waals surface area contributed by atoms with Crippen LogP contribution >= 0.6 is 11.6 Å². The summed E-state index contributed by atoms with van der Waals surface area (Å²) in [5.41, 5.74) is -0.635. The van der Waals surface area contributed by atoms with Crippen molar-refractivity contribution < 1.29 is 17.9 Å². The summed E-state index contributed by atoms with van der Waals surface area (Å²) in [5.74, 6) is -0.0909. The summed E-state index contributed by atoms with van der Waals surface area (Å²) in [6.45, 7) is 0. The molecule has 0 amide bonds. The van der Waals surface area contributed by atoms with Crippen molar-refractivity contribution in [3.8, 4) is 17.7 Å². The summed E-state index contributed by atoms with van der Waals surface area (Å²) in [6, 6.07) is 8.79. The quantitative estimate of drug-likeness (QED) is 0.771. The Morgan fingerprint density at radius 2 is 1.95 bits per heavy atom. The lowest BCUT2D eigenvalue weighted by Crippen LogP contribution is -2.04.